The maximum Gasteiger partial charge on any atom is 0.317 e. The number of rotatable bonds is 1. The first-order valence-corrected chi connectivity index (χ1v) is 4.70. The lowest BCUT2D eigenvalue weighted by atomic mass is 10.2. The molecule has 1 fully saturated rings. The first-order valence-electron chi connectivity index (χ1n) is 4.70. The molecule has 3 nitrogen and oxygen atoms in total. The highest BCUT2D eigenvalue weighted by Crippen LogP contribution is 2.25. The summed E-state index contributed by atoms with van der Waals surface area (Å²) >= 11 is 0. The van der Waals surface area contributed by atoms with Crippen LogP contribution in [0.15, 0.2) is 0 Å². The maximum atomic E-state index is 11.4. The quantitative estimate of drug-likeness (QED) is 0.636. The molecule has 3 heteroatoms. The SMILES string of the molecule is CCC1CCC(C)N1C(=O)NC. The van der Waals surface area contributed by atoms with Crippen molar-refractivity contribution in [2.24, 2.45) is 0 Å². The molecule has 0 spiro atoms. The topological polar surface area (TPSA) is 32.3 Å². The molecule has 0 aromatic rings. The second-order valence-corrected chi connectivity index (χ2v) is 3.45. The van der Waals surface area contributed by atoms with E-state index < -0.39 is 0 Å². The van der Waals surface area contributed by atoms with Gasteiger partial charge in [0.05, 0.1) is 0 Å². The number of nitrogens with one attached hydrogen (secondary N) is 1. The standard InChI is InChI=1S/C9H18N2O/c1-4-8-6-5-7(2)11(8)9(12)10-3/h7-8H,4-6H2,1-3H3,(H,10,12). The van der Waals surface area contributed by atoms with Crippen molar-refractivity contribution in [1.82, 2.24) is 10.2 Å². The third-order valence-electron chi connectivity index (χ3n) is 2.71. The van der Waals surface area contributed by atoms with E-state index in [1.165, 1.54) is 0 Å². The molecule has 0 saturated carbocycles. The minimum Gasteiger partial charge on any atom is -0.341 e. The van der Waals surface area contributed by atoms with Crippen LogP contribution in [0.25, 0.3) is 0 Å². The van der Waals surface area contributed by atoms with Gasteiger partial charge >= 0.3 is 6.03 Å². The number of urea groups is 1. The third-order valence-corrected chi connectivity index (χ3v) is 2.71. The van der Waals surface area contributed by atoms with Gasteiger partial charge in [-0.3, -0.25) is 0 Å². The molecular formula is C9H18N2O. The summed E-state index contributed by atoms with van der Waals surface area (Å²) in [6.07, 6.45) is 3.37. The Bertz CT molecular complexity index is 170. The maximum absolute atomic E-state index is 11.4. The van der Waals surface area contributed by atoms with Crippen LogP contribution >= 0.6 is 0 Å². The Hall–Kier alpha value is -0.730. The summed E-state index contributed by atoms with van der Waals surface area (Å²) in [6, 6.07) is 0.946. The minimum atomic E-state index is 0.0758. The zero-order chi connectivity index (χ0) is 9.14. The Balaban J connectivity index is 2.63. The van der Waals surface area contributed by atoms with E-state index in [1.807, 2.05) is 4.90 Å². The molecule has 1 aliphatic heterocycles. The van der Waals surface area contributed by atoms with E-state index in [-0.39, 0.29) is 6.03 Å². The second-order valence-electron chi connectivity index (χ2n) is 3.45. The molecule has 0 bridgehead atoms. The highest BCUT2D eigenvalue weighted by Gasteiger charge is 2.32. The summed E-state index contributed by atoms with van der Waals surface area (Å²) in [5.74, 6) is 0. The highest BCUT2D eigenvalue weighted by atomic mass is 16.2. The average molecular weight is 170 g/mol. The average Bonchev–Trinajstić information content (AvgIpc) is 2.45. The molecule has 0 aromatic heterocycles. The fourth-order valence-electron chi connectivity index (χ4n) is 1.97. The first kappa shape index (κ1) is 9.36. The minimum absolute atomic E-state index is 0.0758. The van der Waals surface area contributed by atoms with Crippen molar-refractivity contribution in [3.05, 3.63) is 0 Å². The van der Waals surface area contributed by atoms with Crippen molar-refractivity contribution in [3.63, 3.8) is 0 Å². The van der Waals surface area contributed by atoms with E-state index in [0.29, 0.717) is 12.1 Å². The molecule has 12 heavy (non-hydrogen) atoms. The summed E-state index contributed by atoms with van der Waals surface area (Å²) in [7, 11) is 1.69. The number of likely N-dealkylation sites (tertiary alicyclic amines) is 1. The zero-order valence-corrected chi connectivity index (χ0v) is 8.13. The summed E-state index contributed by atoms with van der Waals surface area (Å²) in [6.45, 7) is 4.25. The lowest BCUT2D eigenvalue weighted by Gasteiger charge is -2.27. The molecular weight excluding hydrogens is 152 g/mol. The van der Waals surface area contributed by atoms with Crippen molar-refractivity contribution in [1.29, 1.82) is 0 Å². The summed E-state index contributed by atoms with van der Waals surface area (Å²) < 4.78 is 0. The molecule has 0 radical (unpaired) electrons. The van der Waals surface area contributed by atoms with Gasteiger partial charge in [0.25, 0.3) is 0 Å². The molecule has 2 atom stereocenters. The Kier molecular flexibility index (Phi) is 2.95. The molecule has 1 aliphatic rings. The van der Waals surface area contributed by atoms with E-state index >= 15 is 0 Å². The summed E-state index contributed by atoms with van der Waals surface area (Å²) in [5.41, 5.74) is 0. The van der Waals surface area contributed by atoms with Crippen molar-refractivity contribution >= 4 is 6.03 Å². The Morgan fingerprint density at radius 3 is 2.75 bits per heavy atom. The predicted molar refractivity (Wildman–Crippen MR) is 49.1 cm³/mol. The van der Waals surface area contributed by atoms with Gasteiger partial charge < -0.3 is 10.2 Å². The molecule has 0 aliphatic carbocycles. The van der Waals surface area contributed by atoms with E-state index in [9.17, 15) is 4.79 Å². The van der Waals surface area contributed by atoms with Crippen LogP contribution < -0.4 is 5.32 Å². The van der Waals surface area contributed by atoms with E-state index in [2.05, 4.69) is 19.2 Å². The Labute approximate surface area is 74.1 Å². The Morgan fingerprint density at radius 1 is 1.58 bits per heavy atom. The van der Waals surface area contributed by atoms with Gasteiger partial charge in [-0.2, -0.15) is 0 Å². The molecule has 2 unspecified atom stereocenters. The van der Waals surface area contributed by atoms with Crippen LogP contribution in [0.1, 0.15) is 33.1 Å². The summed E-state index contributed by atoms with van der Waals surface area (Å²) in [5, 5.41) is 2.69. The van der Waals surface area contributed by atoms with Crippen molar-refractivity contribution in [2.75, 3.05) is 7.05 Å². The molecule has 2 amide bonds. The third kappa shape index (κ3) is 1.54. The molecule has 1 saturated heterocycles. The Morgan fingerprint density at radius 2 is 2.25 bits per heavy atom. The van der Waals surface area contributed by atoms with Crippen LogP contribution in [-0.2, 0) is 0 Å². The van der Waals surface area contributed by atoms with E-state index in [1.54, 1.807) is 7.05 Å². The molecule has 70 valence electrons. The van der Waals surface area contributed by atoms with Crippen LogP contribution in [0.2, 0.25) is 0 Å². The van der Waals surface area contributed by atoms with Crippen molar-refractivity contribution < 1.29 is 4.79 Å². The van der Waals surface area contributed by atoms with Crippen LogP contribution in [0.5, 0.6) is 0 Å². The van der Waals surface area contributed by atoms with Gasteiger partial charge in [0.15, 0.2) is 0 Å². The van der Waals surface area contributed by atoms with Gasteiger partial charge in [-0.15, -0.1) is 0 Å². The van der Waals surface area contributed by atoms with Gasteiger partial charge in [-0.05, 0) is 26.2 Å². The van der Waals surface area contributed by atoms with E-state index in [4.69, 9.17) is 0 Å². The van der Waals surface area contributed by atoms with Gasteiger partial charge in [0.1, 0.15) is 0 Å². The summed E-state index contributed by atoms with van der Waals surface area (Å²) in [4.78, 5) is 13.4. The second kappa shape index (κ2) is 3.78. The number of hydrogen-bond donors (Lipinski definition) is 1. The lowest BCUT2D eigenvalue weighted by Crippen LogP contribution is -2.44. The van der Waals surface area contributed by atoms with Crippen molar-refractivity contribution in [2.45, 2.75) is 45.2 Å². The lowest BCUT2D eigenvalue weighted by molar-refractivity contribution is 0.177. The first-order chi connectivity index (χ1) is 5.70. The number of carbonyl (C=O) groups is 1. The fourth-order valence-corrected chi connectivity index (χ4v) is 1.97. The van der Waals surface area contributed by atoms with Crippen LogP contribution in [0.4, 0.5) is 4.79 Å². The number of hydrogen-bond acceptors (Lipinski definition) is 1. The largest absolute Gasteiger partial charge is 0.341 e. The molecule has 1 N–H and O–H groups in total. The van der Waals surface area contributed by atoms with Gasteiger partial charge in [-0.25, -0.2) is 4.79 Å². The number of amides is 2. The smallest absolute Gasteiger partial charge is 0.317 e. The van der Waals surface area contributed by atoms with E-state index in [0.717, 1.165) is 19.3 Å². The molecule has 1 heterocycles. The zero-order valence-electron chi connectivity index (χ0n) is 8.13. The number of nitrogens with zero attached hydrogens (tertiary/aromatic N) is 1. The molecule has 0 aromatic carbocycles. The predicted octanol–water partition coefficient (Wildman–Crippen LogP) is 1.59. The van der Waals surface area contributed by atoms with Gasteiger partial charge in [0, 0.05) is 19.1 Å². The molecule has 1 rings (SSSR count). The van der Waals surface area contributed by atoms with Crippen LogP contribution in [0.3, 0.4) is 0 Å². The monoisotopic (exact) mass is 170 g/mol. The van der Waals surface area contributed by atoms with Gasteiger partial charge in [0.2, 0.25) is 0 Å². The normalized spacial score (nSPS) is 29.1. The fraction of sp³-hybridized carbons (Fsp3) is 0.889. The highest BCUT2D eigenvalue weighted by molar-refractivity contribution is 5.74. The van der Waals surface area contributed by atoms with Crippen LogP contribution in [-0.4, -0.2) is 30.1 Å². The van der Waals surface area contributed by atoms with Crippen molar-refractivity contribution in [3.8, 4) is 0 Å². The number of carbonyl (C=O) groups excluding carboxylic acids is 1. The van der Waals surface area contributed by atoms with Gasteiger partial charge in [-0.1, -0.05) is 6.92 Å². The van der Waals surface area contributed by atoms with Crippen LogP contribution in [0, 0.1) is 0 Å².